The minimum absolute atomic E-state index is 0. The summed E-state index contributed by atoms with van der Waals surface area (Å²) < 4.78 is 46.6. The van der Waals surface area contributed by atoms with Gasteiger partial charge in [-0.1, -0.05) is 6.92 Å². The van der Waals surface area contributed by atoms with E-state index in [1.807, 2.05) is 17.7 Å². The van der Waals surface area contributed by atoms with Crippen LogP contribution >= 0.6 is 11.3 Å². The van der Waals surface area contributed by atoms with Crippen molar-refractivity contribution in [2.24, 2.45) is 5.41 Å². The van der Waals surface area contributed by atoms with Crippen LogP contribution in [0.4, 0.5) is 0 Å². The number of rotatable bonds is 6. The molecule has 21 heavy (non-hydrogen) atoms. The molecule has 0 radical (unpaired) electrons. The quantitative estimate of drug-likeness (QED) is 0.473. The predicted octanol–water partition coefficient (Wildman–Crippen LogP) is 1.17. The second kappa shape index (κ2) is 8.14. The van der Waals surface area contributed by atoms with Crippen molar-refractivity contribution >= 4 is 51.0 Å². The standard InChI is InChI=1S/C12H18O6S2.Na.H/c1-12(7-16-3-2-4-20(13,14)15)8-17-10-5-19-6-11(10)18-9-12;;/h5-6H,2-4,7-9H2,1H3,(H,13,14,15);;. The van der Waals surface area contributed by atoms with E-state index in [1.54, 1.807) is 0 Å². The van der Waals surface area contributed by atoms with Crippen LogP contribution in [0.25, 0.3) is 0 Å². The molecule has 0 fully saturated rings. The van der Waals surface area contributed by atoms with Gasteiger partial charge in [0.05, 0.1) is 31.0 Å². The van der Waals surface area contributed by atoms with Crippen LogP contribution < -0.4 is 9.47 Å². The van der Waals surface area contributed by atoms with Gasteiger partial charge in [0.25, 0.3) is 10.1 Å². The second-order valence-electron chi connectivity index (χ2n) is 5.18. The molecule has 1 aromatic heterocycles. The van der Waals surface area contributed by atoms with E-state index in [2.05, 4.69) is 0 Å². The number of hydrogen-bond acceptors (Lipinski definition) is 6. The average molecular weight is 346 g/mol. The molecule has 1 aliphatic heterocycles. The first-order valence-corrected chi connectivity index (χ1v) is 8.78. The van der Waals surface area contributed by atoms with E-state index in [1.165, 1.54) is 11.3 Å². The fourth-order valence-corrected chi connectivity index (χ4v) is 2.94. The molecular formula is C12H19NaO6S2. The molecule has 0 amide bonds. The van der Waals surface area contributed by atoms with Crippen molar-refractivity contribution in [2.45, 2.75) is 13.3 Å². The molecule has 1 aliphatic rings. The SMILES string of the molecule is CC1(COCCCS(=O)(=O)O)COc2cscc2OC1.[NaH]. The van der Waals surface area contributed by atoms with Gasteiger partial charge < -0.3 is 14.2 Å². The Bertz CT molecular complexity index is 519. The molecule has 6 nitrogen and oxygen atoms in total. The summed E-state index contributed by atoms with van der Waals surface area (Å²) in [5.41, 5.74) is -0.283. The first-order chi connectivity index (χ1) is 9.38. The first-order valence-electron chi connectivity index (χ1n) is 6.23. The van der Waals surface area contributed by atoms with E-state index in [-0.39, 0.29) is 53.8 Å². The van der Waals surface area contributed by atoms with Gasteiger partial charge in [-0.05, 0) is 6.42 Å². The summed E-state index contributed by atoms with van der Waals surface area (Å²) in [5, 5.41) is 3.79. The van der Waals surface area contributed by atoms with Crippen LogP contribution in [0.1, 0.15) is 13.3 Å². The van der Waals surface area contributed by atoms with Gasteiger partial charge in [-0.2, -0.15) is 8.42 Å². The van der Waals surface area contributed by atoms with Gasteiger partial charge in [-0.15, -0.1) is 11.3 Å². The minimum atomic E-state index is -3.91. The Balaban J connectivity index is 0.00000220. The number of ether oxygens (including phenoxy) is 3. The topological polar surface area (TPSA) is 82.1 Å². The van der Waals surface area contributed by atoms with Gasteiger partial charge in [0.2, 0.25) is 0 Å². The first kappa shape index (κ1) is 19.2. The molecule has 0 bridgehead atoms. The van der Waals surface area contributed by atoms with E-state index in [0.29, 0.717) is 19.8 Å². The Hall–Kier alpha value is 0.170. The van der Waals surface area contributed by atoms with Gasteiger partial charge in [-0.25, -0.2) is 0 Å². The molecule has 2 heterocycles. The van der Waals surface area contributed by atoms with Crippen LogP contribution in [0.3, 0.4) is 0 Å². The zero-order chi connectivity index (χ0) is 14.6. The molecule has 0 aliphatic carbocycles. The number of hydrogen-bond donors (Lipinski definition) is 1. The van der Waals surface area contributed by atoms with E-state index < -0.39 is 10.1 Å². The molecule has 0 saturated heterocycles. The average Bonchev–Trinajstić information content (AvgIpc) is 2.74. The van der Waals surface area contributed by atoms with Crippen molar-refractivity contribution in [3.63, 3.8) is 0 Å². The van der Waals surface area contributed by atoms with Crippen LogP contribution in [0, 0.1) is 5.41 Å². The van der Waals surface area contributed by atoms with Crippen molar-refractivity contribution in [1.82, 2.24) is 0 Å². The third kappa shape index (κ3) is 6.43. The van der Waals surface area contributed by atoms with Crippen molar-refractivity contribution < 1.29 is 27.2 Å². The van der Waals surface area contributed by atoms with Crippen LogP contribution in [0.5, 0.6) is 11.5 Å². The maximum atomic E-state index is 10.6. The summed E-state index contributed by atoms with van der Waals surface area (Å²) in [7, 11) is -3.91. The molecule has 0 aromatic carbocycles. The molecule has 9 heteroatoms. The van der Waals surface area contributed by atoms with Gasteiger partial charge in [0.15, 0.2) is 11.5 Å². The molecule has 116 valence electrons. The molecular weight excluding hydrogens is 327 g/mol. The molecule has 0 saturated carbocycles. The predicted molar refractivity (Wildman–Crippen MR) is 82.4 cm³/mol. The van der Waals surface area contributed by atoms with E-state index in [4.69, 9.17) is 18.8 Å². The molecule has 1 aromatic rings. The Morgan fingerprint density at radius 1 is 1.33 bits per heavy atom. The van der Waals surface area contributed by atoms with E-state index >= 15 is 0 Å². The van der Waals surface area contributed by atoms with Crippen molar-refractivity contribution in [3.8, 4) is 11.5 Å². The van der Waals surface area contributed by atoms with Gasteiger partial charge >= 0.3 is 29.6 Å². The molecule has 0 unspecified atom stereocenters. The van der Waals surface area contributed by atoms with Gasteiger partial charge in [0.1, 0.15) is 0 Å². The third-order valence-electron chi connectivity index (χ3n) is 2.89. The maximum absolute atomic E-state index is 10.6. The fraction of sp³-hybridized carbons (Fsp3) is 0.667. The molecule has 0 atom stereocenters. The summed E-state index contributed by atoms with van der Waals surface area (Å²) in [4.78, 5) is 0. The summed E-state index contributed by atoms with van der Waals surface area (Å²) in [6.45, 7) is 3.64. The van der Waals surface area contributed by atoms with Crippen LogP contribution in [0.2, 0.25) is 0 Å². The summed E-state index contributed by atoms with van der Waals surface area (Å²) in [5.74, 6) is 1.23. The Kier molecular flexibility index (Phi) is 7.45. The Morgan fingerprint density at radius 2 is 1.90 bits per heavy atom. The van der Waals surface area contributed by atoms with E-state index in [9.17, 15) is 8.42 Å². The normalized spacial score (nSPS) is 16.9. The number of fused-ring (bicyclic) bond motifs is 1. The van der Waals surface area contributed by atoms with Crippen LogP contribution in [-0.2, 0) is 14.9 Å². The Morgan fingerprint density at radius 3 is 2.43 bits per heavy atom. The van der Waals surface area contributed by atoms with Crippen molar-refractivity contribution in [2.75, 3.05) is 32.2 Å². The number of thiophene rings is 1. The van der Waals surface area contributed by atoms with Gasteiger partial charge in [-0.3, -0.25) is 4.55 Å². The Labute approximate surface area is 150 Å². The fourth-order valence-electron chi connectivity index (χ4n) is 1.77. The summed E-state index contributed by atoms with van der Waals surface area (Å²) in [6, 6.07) is 0. The second-order valence-corrected chi connectivity index (χ2v) is 7.50. The molecule has 0 spiro atoms. The zero-order valence-corrected chi connectivity index (χ0v) is 12.8. The summed E-state index contributed by atoms with van der Waals surface area (Å²) in [6.07, 6.45) is 0.267. The molecule has 1 N–H and O–H groups in total. The van der Waals surface area contributed by atoms with Crippen LogP contribution in [-0.4, -0.2) is 74.7 Å². The van der Waals surface area contributed by atoms with Crippen molar-refractivity contribution in [1.29, 1.82) is 0 Å². The third-order valence-corrected chi connectivity index (χ3v) is 4.39. The van der Waals surface area contributed by atoms with E-state index in [0.717, 1.165) is 11.5 Å². The van der Waals surface area contributed by atoms with Crippen molar-refractivity contribution in [3.05, 3.63) is 10.8 Å². The van der Waals surface area contributed by atoms with Gasteiger partial charge in [0, 0.05) is 17.4 Å². The van der Waals surface area contributed by atoms with Crippen LogP contribution in [0.15, 0.2) is 10.8 Å². The zero-order valence-electron chi connectivity index (χ0n) is 11.2. The summed E-state index contributed by atoms with van der Waals surface area (Å²) >= 11 is 1.53. The monoisotopic (exact) mass is 346 g/mol. The molecule has 2 rings (SSSR count).